The van der Waals surface area contributed by atoms with Crippen LogP contribution in [0.2, 0.25) is 0 Å². The first-order valence-electron chi connectivity index (χ1n) is 7.29. The van der Waals surface area contributed by atoms with Gasteiger partial charge in [0.05, 0.1) is 0 Å². The Morgan fingerprint density at radius 2 is 1.91 bits per heavy atom. The summed E-state index contributed by atoms with van der Waals surface area (Å²) in [6.07, 6.45) is 3.51. The van der Waals surface area contributed by atoms with Gasteiger partial charge in [0, 0.05) is 37.6 Å². The predicted molar refractivity (Wildman–Crippen MR) is 86.6 cm³/mol. The van der Waals surface area contributed by atoms with Crippen molar-refractivity contribution in [3.05, 3.63) is 42.4 Å². The molecule has 6 heteroatoms. The van der Waals surface area contributed by atoms with Crippen molar-refractivity contribution in [2.45, 2.75) is 18.9 Å². The molecule has 2 aromatic rings. The zero-order chi connectivity index (χ0) is 15.5. The molecule has 1 heterocycles. The number of carbonyl (C=O) groups is 1. The van der Waals surface area contributed by atoms with E-state index in [-0.39, 0.29) is 5.91 Å². The highest BCUT2D eigenvalue weighted by molar-refractivity contribution is 5.93. The van der Waals surface area contributed by atoms with Gasteiger partial charge in [0.2, 0.25) is 0 Å². The summed E-state index contributed by atoms with van der Waals surface area (Å²) in [6, 6.07) is 9.96. The fraction of sp³-hybridized carbons (Fsp3) is 0.312. The minimum Gasteiger partial charge on any atom is -0.378 e. The minimum atomic E-state index is -0.143. The lowest BCUT2D eigenvalue weighted by Crippen LogP contribution is -2.26. The van der Waals surface area contributed by atoms with E-state index in [2.05, 4.69) is 20.6 Å². The van der Waals surface area contributed by atoms with Crippen molar-refractivity contribution >= 4 is 23.1 Å². The third kappa shape index (κ3) is 3.52. The molecule has 1 aliphatic carbocycles. The Hall–Kier alpha value is -2.63. The van der Waals surface area contributed by atoms with Crippen molar-refractivity contribution in [1.29, 1.82) is 0 Å². The molecular weight excluding hydrogens is 278 g/mol. The Morgan fingerprint density at radius 3 is 2.55 bits per heavy atom. The van der Waals surface area contributed by atoms with E-state index < -0.39 is 0 Å². The van der Waals surface area contributed by atoms with Crippen LogP contribution in [0.25, 0.3) is 0 Å². The first kappa shape index (κ1) is 14.3. The largest absolute Gasteiger partial charge is 0.378 e. The summed E-state index contributed by atoms with van der Waals surface area (Å²) < 4.78 is 0. The number of benzene rings is 1. The lowest BCUT2D eigenvalue weighted by molar-refractivity contribution is 0.0946. The number of hydrogen-bond acceptors (Lipinski definition) is 5. The monoisotopic (exact) mass is 297 g/mol. The quantitative estimate of drug-likeness (QED) is 0.885. The van der Waals surface area contributed by atoms with Gasteiger partial charge < -0.3 is 15.5 Å². The Morgan fingerprint density at radius 1 is 1.18 bits per heavy atom. The third-order valence-corrected chi connectivity index (χ3v) is 3.47. The summed E-state index contributed by atoms with van der Waals surface area (Å²) in [5.74, 6) is 0.462. The number of nitrogens with one attached hydrogen (secondary N) is 2. The highest BCUT2D eigenvalue weighted by Gasteiger charge is 2.24. The van der Waals surface area contributed by atoms with E-state index in [1.165, 1.54) is 6.33 Å². The van der Waals surface area contributed by atoms with Gasteiger partial charge >= 0.3 is 0 Å². The summed E-state index contributed by atoms with van der Waals surface area (Å²) in [6.45, 7) is 0. The van der Waals surface area contributed by atoms with Gasteiger partial charge in [-0.1, -0.05) is 0 Å². The third-order valence-electron chi connectivity index (χ3n) is 3.47. The number of rotatable bonds is 5. The van der Waals surface area contributed by atoms with Gasteiger partial charge in [-0.25, -0.2) is 9.97 Å². The number of amides is 1. The number of anilines is 3. The number of carbonyl (C=O) groups excluding carboxylic acids is 1. The van der Waals surface area contributed by atoms with Crippen LogP contribution in [-0.2, 0) is 0 Å². The zero-order valence-electron chi connectivity index (χ0n) is 12.7. The molecule has 2 N–H and O–H groups in total. The van der Waals surface area contributed by atoms with E-state index >= 15 is 0 Å². The van der Waals surface area contributed by atoms with Crippen LogP contribution in [0.3, 0.4) is 0 Å². The number of hydrogen-bond donors (Lipinski definition) is 2. The van der Waals surface area contributed by atoms with Gasteiger partial charge in [-0.15, -0.1) is 0 Å². The SMILES string of the molecule is CN(C)c1ccc(Nc2cc(C(=O)NC3CC3)ncn2)cc1. The maximum Gasteiger partial charge on any atom is 0.270 e. The second-order valence-electron chi connectivity index (χ2n) is 5.60. The molecule has 0 saturated heterocycles. The molecule has 6 nitrogen and oxygen atoms in total. The van der Waals surface area contributed by atoms with Gasteiger partial charge in [-0.2, -0.15) is 0 Å². The minimum absolute atomic E-state index is 0.143. The molecule has 1 fully saturated rings. The van der Waals surface area contributed by atoms with Crippen LogP contribution in [0.15, 0.2) is 36.7 Å². The molecular formula is C16H19N5O. The molecule has 0 spiro atoms. The van der Waals surface area contributed by atoms with Crippen LogP contribution in [0.5, 0.6) is 0 Å². The van der Waals surface area contributed by atoms with Crippen molar-refractivity contribution in [1.82, 2.24) is 15.3 Å². The van der Waals surface area contributed by atoms with E-state index in [4.69, 9.17) is 0 Å². The summed E-state index contributed by atoms with van der Waals surface area (Å²) in [5.41, 5.74) is 2.42. The van der Waals surface area contributed by atoms with Gasteiger partial charge in [-0.3, -0.25) is 4.79 Å². The molecule has 0 bridgehead atoms. The lowest BCUT2D eigenvalue weighted by Gasteiger charge is -2.13. The van der Waals surface area contributed by atoms with E-state index in [1.807, 2.05) is 43.3 Å². The Kier molecular flexibility index (Phi) is 3.91. The normalized spacial score (nSPS) is 13.5. The molecule has 1 saturated carbocycles. The molecule has 3 rings (SSSR count). The van der Waals surface area contributed by atoms with Crippen molar-refractivity contribution in [2.75, 3.05) is 24.3 Å². The average molecular weight is 297 g/mol. The fourth-order valence-corrected chi connectivity index (χ4v) is 2.03. The maximum absolute atomic E-state index is 12.0. The molecule has 1 aromatic carbocycles. The van der Waals surface area contributed by atoms with Crippen LogP contribution < -0.4 is 15.5 Å². The molecule has 114 valence electrons. The standard InChI is InChI=1S/C16H19N5O/c1-21(2)13-7-5-11(6-8-13)19-15-9-14(17-10-18-15)16(22)20-12-3-4-12/h5-10,12H,3-4H2,1-2H3,(H,20,22)(H,17,18,19). The molecule has 0 radical (unpaired) electrons. The number of nitrogens with zero attached hydrogens (tertiary/aromatic N) is 3. The molecule has 1 amide bonds. The Balaban J connectivity index is 1.70. The van der Waals surface area contributed by atoms with Crippen molar-refractivity contribution in [3.8, 4) is 0 Å². The first-order valence-corrected chi connectivity index (χ1v) is 7.29. The highest BCUT2D eigenvalue weighted by atomic mass is 16.2. The summed E-state index contributed by atoms with van der Waals surface area (Å²) in [7, 11) is 4.00. The van der Waals surface area contributed by atoms with Crippen molar-refractivity contribution < 1.29 is 4.79 Å². The molecule has 0 atom stereocenters. The second-order valence-corrected chi connectivity index (χ2v) is 5.60. The van der Waals surface area contributed by atoms with E-state index in [9.17, 15) is 4.79 Å². The van der Waals surface area contributed by atoms with E-state index in [1.54, 1.807) is 6.07 Å². The molecule has 1 aromatic heterocycles. The first-order chi connectivity index (χ1) is 10.6. The molecule has 22 heavy (non-hydrogen) atoms. The summed E-state index contributed by atoms with van der Waals surface area (Å²) in [5, 5.41) is 6.10. The summed E-state index contributed by atoms with van der Waals surface area (Å²) in [4.78, 5) is 22.2. The fourth-order valence-electron chi connectivity index (χ4n) is 2.03. The lowest BCUT2D eigenvalue weighted by atomic mass is 10.2. The highest BCUT2D eigenvalue weighted by Crippen LogP contribution is 2.21. The molecule has 0 aliphatic heterocycles. The molecule has 0 unspecified atom stereocenters. The second kappa shape index (κ2) is 6.01. The Labute approximate surface area is 129 Å². The van der Waals surface area contributed by atoms with E-state index in [0.29, 0.717) is 17.6 Å². The molecule has 1 aliphatic rings. The average Bonchev–Trinajstić information content (AvgIpc) is 3.32. The van der Waals surface area contributed by atoms with Crippen LogP contribution in [0.1, 0.15) is 23.3 Å². The predicted octanol–water partition coefficient (Wildman–Crippen LogP) is 2.18. The van der Waals surface area contributed by atoms with Crippen molar-refractivity contribution in [2.24, 2.45) is 0 Å². The number of aromatic nitrogens is 2. The zero-order valence-corrected chi connectivity index (χ0v) is 12.7. The summed E-state index contributed by atoms with van der Waals surface area (Å²) >= 11 is 0. The van der Waals surface area contributed by atoms with Crippen LogP contribution in [0.4, 0.5) is 17.2 Å². The Bertz CT molecular complexity index is 664. The van der Waals surface area contributed by atoms with Gasteiger partial charge in [0.25, 0.3) is 5.91 Å². The van der Waals surface area contributed by atoms with Gasteiger partial charge in [0.1, 0.15) is 17.8 Å². The van der Waals surface area contributed by atoms with Crippen LogP contribution in [-0.4, -0.2) is 36.0 Å². The van der Waals surface area contributed by atoms with Gasteiger partial charge in [0.15, 0.2) is 0 Å². The van der Waals surface area contributed by atoms with Crippen LogP contribution >= 0.6 is 0 Å². The van der Waals surface area contributed by atoms with Crippen LogP contribution in [0, 0.1) is 0 Å². The van der Waals surface area contributed by atoms with Gasteiger partial charge in [-0.05, 0) is 37.1 Å². The maximum atomic E-state index is 12.0. The van der Waals surface area contributed by atoms with Crippen molar-refractivity contribution in [3.63, 3.8) is 0 Å². The van der Waals surface area contributed by atoms with E-state index in [0.717, 1.165) is 24.2 Å². The topological polar surface area (TPSA) is 70.2 Å². The smallest absolute Gasteiger partial charge is 0.270 e.